The van der Waals surface area contributed by atoms with E-state index in [2.05, 4.69) is 0 Å². The highest BCUT2D eigenvalue weighted by atomic mass is 19.1. The minimum atomic E-state index is -0.533. The first-order chi connectivity index (χ1) is 13.6. The quantitative estimate of drug-likeness (QED) is 0.690. The van der Waals surface area contributed by atoms with Crippen LogP contribution in [0.15, 0.2) is 90.7 Å². The lowest BCUT2D eigenvalue weighted by Gasteiger charge is -2.27. The lowest BCUT2D eigenvalue weighted by atomic mass is 9.93. The zero-order valence-corrected chi connectivity index (χ0v) is 15.3. The Kier molecular flexibility index (Phi) is 4.94. The molecule has 140 valence electrons. The van der Waals surface area contributed by atoms with Crippen LogP contribution in [0.5, 0.6) is 0 Å². The Balaban J connectivity index is 1.74. The van der Waals surface area contributed by atoms with Crippen LogP contribution in [0, 0.1) is 5.82 Å². The fourth-order valence-electron chi connectivity index (χ4n) is 3.71. The number of hydrogen-bond donors (Lipinski definition) is 1. The molecule has 0 saturated heterocycles. The average Bonchev–Trinajstić information content (AvgIpc) is 2.98. The zero-order chi connectivity index (χ0) is 19.5. The van der Waals surface area contributed by atoms with Crippen LogP contribution in [0.4, 0.5) is 4.39 Å². The number of amides is 1. The van der Waals surface area contributed by atoms with E-state index in [1.165, 1.54) is 12.1 Å². The van der Waals surface area contributed by atoms with Crippen LogP contribution in [0.2, 0.25) is 0 Å². The zero-order valence-electron chi connectivity index (χ0n) is 15.3. The fourth-order valence-corrected chi connectivity index (χ4v) is 3.71. The van der Waals surface area contributed by atoms with Crippen LogP contribution in [0.25, 0.3) is 5.57 Å². The summed E-state index contributed by atoms with van der Waals surface area (Å²) >= 11 is 0. The number of hydrogen-bond acceptors (Lipinski definition) is 2. The molecule has 1 heterocycles. The molecule has 1 atom stereocenters. The van der Waals surface area contributed by atoms with Crippen molar-refractivity contribution >= 4 is 11.5 Å². The van der Waals surface area contributed by atoms with E-state index in [4.69, 9.17) is 0 Å². The summed E-state index contributed by atoms with van der Waals surface area (Å²) in [6, 6.07) is 24.8. The van der Waals surface area contributed by atoms with Gasteiger partial charge < -0.3 is 10.0 Å². The first-order valence-corrected chi connectivity index (χ1v) is 9.24. The molecular weight excluding hydrogens is 353 g/mol. The van der Waals surface area contributed by atoms with Crippen molar-refractivity contribution in [2.75, 3.05) is 6.54 Å². The normalized spacial score (nSPS) is 16.7. The predicted molar refractivity (Wildman–Crippen MR) is 107 cm³/mol. The monoisotopic (exact) mass is 373 g/mol. The molecule has 0 saturated carbocycles. The summed E-state index contributed by atoms with van der Waals surface area (Å²) in [6.07, 6.45) is 0.647. The summed E-state index contributed by atoms with van der Waals surface area (Å²) in [5, 5.41) is 10.7. The second-order valence-electron chi connectivity index (χ2n) is 6.82. The fraction of sp³-hybridized carbons (Fsp3) is 0.125. The molecule has 3 aromatic rings. The molecule has 0 aromatic heterocycles. The molecule has 0 spiro atoms. The van der Waals surface area contributed by atoms with Crippen molar-refractivity contribution < 1.29 is 14.3 Å². The van der Waals surface area contributed by atoms with Gasteiger partial charge in [-0.25, -0.2) is 4.39 Å². The maximum atomic E-state index is 13.9. The first kappa shape index (κ1) is 18.0. The van der Waals surface area contributed by atoms with Crippen LogP contribution in [0.3, 0.4) is 0 Å². The van der Waals surface area contributed by atoms with Gasteiger partial charge in [0.2, 0.25) is 0 Å². The average molecular weight is 373 g/mol. The molecule has 28 heavy (non-hydrogen) atoms. The van der Waals surface area contributed by atoms with Crippen molar-refractivity contribution in [1.29, 1.82) is 0 Å². The maximum absolute atomic E-state index is 13.9. The molecule has 0 bridgehead atoms. The Hall–Kier alpha value is -3.40. The molecular formula is C24H20FNO2. The van der Waals surface area contributed by atoms with Gasteiger partial charge in [0.1, 0.15) is 5.82 Å². The largest absolute Gasteiger partial charge is 0.503 e. The van der Waals surface area contributed by atoms with E-state index in [0.717, 1.165) is 11.1 Å². The number of rotatable bonds is 5. The van der Waals surface area contributed by atoms with Gasteiger partial charge in [0.05, 0.1) is 6.04 Å². The van der Waals surface area contributed by atoms with E-state index in [1.54, 1.807) is 17.0 Å². The Morgan fingerprint density at radius 3 is 2.25 bits per heavy atom. The van der Waals surface area contributed by atoms with Crippen molar-refractivity contribution in [3.05, 3.63) is 113 Å². The van der Waals surface area contributed by atoms with Gasteiger partial charge in [-0.05, 0) is 35.2 Å². The van der Waals surface area contributed by atoms with Crippen LogP contribution in [-0.4, -0.2) is 22.5 Å². The van der Waals surface area contributed by atoms with Gasteiger partial charge in [-0.15, -0.1) is 0 Å². The van der Waals surface area contributed by atoms with E-state index in [1.807, 2.05) is 60.7 Å². The van der Waals surface area contributed by atoms with Gasteiger partial charge >= 0.3 is 0 Å². The highest BCUT2D eigenvalue weighted by Gasteiger charge is 2.40. The number of benzene rings is 3. The van der Waals surface area contributed by atoms with Crippen molar-refractivity contribution in [1.82, 2.24) is 4.90 Å². The number of aliphatic hydroxyl groups excluding tert-OH is 1. The second-order valence-corrected chi connectivity index (χ2v) is 6.82. The van der Waals surface area contributed by atoms with Gasteiger partial charge in [-0.1, -0.05) is 72.8 Å². The molecule has 0 radical (unpaired) electrons. The van der Waals surface area contributed by atoms with Crippen LogP contribution >= 0.6 is 0 Å². The van der Waals surface area contributed by atoms with Gasteiger partial charge in [0.25, 0.3) is 5.91 Å². The Labute approximate surface area is 163 Å². The Morgan fingerprint density at radius 1 is 0.893 bits per heavy atom. The van der Waals surface area contributed by atoms with E-state index in [9.17, 15) is 14.3 Å². The van der Waals surface area contributed by atoms with E-state index < -0.39 is 11.9 Å². The Bertz CT molecular complexity index is 1020. The smallest absolute Gasteiger partial charge is 0.289 e. The third-order valence-corrected chi connectivity index (χ3v) is 5.04. The lowest BCUT2D eigenvalue weighted by molar-refractivity contribution is -0.129. The molecule has 0 fully saturated rings. The Morgan fingerprint density at radius 2 is 1.57 bits per heavy atom. The van der Waals surface area contributed by atoms with Crippen molar-refractivity contribution in [2.24, 2.45) is 0 Å². The molecule has 0 aliphatic carbocycles. The molecule has 1 amide bonds. The molecule has 4 heteroatoms. The number of nitrogens with zero attached hydrogens (tertiary/aromatic N) is 1. The minimum Gasteiger partial charge on any atom is -0.503 e. The van der Waals surface area contributed by atoms with Crippen LogP contribution in [-0.2, 0) is 11.2 Å². The molecule has 1 unspecified atom stereocenters. The van der Waals surface area contributed by atoms with Crippen molar-refractivity contribution in [3.8, 4) is 0 Å². The van der Waals surface area contributed by atoms with Crippen LogP contribution < -0.4 is 0 Å². The van der Waals surface area contributed by atoms with Gasteiger partial charge in [0, 0.05) is 12.1 Å². The standard InChI is InChI=1S/C24H20FNO2/c25-20-13-7-12-19(16-20)22-21(18-10-5-2-6-11-18)23(27)24(28)26(22)15-14-17-8-3-1-4-9-17/h1-13,16,22,27H,14-15H2. The minimum absolute atomic E-state index is 0.270. The predicted octanol–water partition coefficient (Wildman–Crippen LogP) is 4.92. The summed E-state index contributed by atoms with van der Waals surface area (Å²) in [7, 11) is 0. The molecule has 1 N–H and O–H groups in total. The highest BCUT2D eigenvalue weighted by molar-refractivity contribution is 6.05. The molecule has 3 nitrogen and oxygen atoms in total. The van der Waals surface area contributed by atoms with Gasteiger partial charge in [0.15, 0.2) is 5.76 Å². The van der Waals surface area contributed by atoms with Crippen LogP contribution in [0.1, 0.15) is 22.7 Å². The summed E-state index contributed by atoms with van der Waals surface area (Å²) in [6.45, 7) is 0.421. The summed E-state index contributed by atoms with van der Waals surface area (Å²) in [5.74, 6) is -1.07. The number of carbonyl (C=O) groups excluding carboxylic acids is 1. The van der Waals surface area contributed by atoms with Crippen molar-refractivity contribution in [3.63, 3.8) is 0 Å². The first-order valence-electron chi connectivity index (χ1n) is 9.24. The van der Waals surface area contributed by atoms with Gasteiger partial charge in [-0.3, -0.25) is 4.79 Å². The van der Waals surface area contributed by atoms with E-state index >= 15 is 0 Å². The van der Waals surface area contributed by atoms with E-state index in [-0.39, 0.29) is 11.6 Å². The van der Waals surface area contributed by atoms with Gasteiger partial charge in [-0.2, -0.15) is 0 Å². The SMILES string of the molecule is O=C1C(O)=C(c2ccccc2)C(c2cccc(F)c2)N1CCc1ccccc1. The number of carbonyl (C=O) groups is 1. The molecule has 4 rings (SSSR count). The summed E-state index contributed by atoms with van der Waals surface area (Å²) < 4.78 is 13.9. The maximum Gasteiger partial charge on any atom is 0.289 e. The topological polar surface area (TPSA) is 40.5 Å². The summed E-state index contributed by atoms with van der Waals surface area (Å²) in [5.41, 5.74) is 3.01. The molecule has 1 aliphatic heterocycles. The third kappa shape index (κ3) is 3.41. The number of halogens is 1. The highest BCUT2D eigenvalue weighted by Crippen LogP contribution is 2.43. The van der Waals surface area contributed by atoms with Crippen molar-refractivity contribution in [2.45, 2.75) is 12.5 Å². The lowest BCUT2D eigenvalue weighted by Crippen LogP contribution is -2.32. The van der Waals surface area contributed by atoms with E-state index in [0.29, 0.717) is 24.1 Å². The second kappa shape index (κ2) is 7.69. The number of aliphatic hydroxyl groups is 1. The summed E-state index contributed by atoms with van der Waals surface area (Å²) in [4.78, 5) is 14.5. The molecule has 3 aromatic carbocycles. The molecule has 1 aliphatic rings. The third-order valence-electron chi connectivity index (χ3n) is 5.04.